The molecule has 2 heterocycles. The molecule has 0 fully saturated rings. The molecule has 0 saturated heterocycles. The largest absolute Gasteiger partial charge is 0.455 e. The maximum Gasteiger partial charge on any atom is 0.227 e. The van der Waals surface area contributed by atoms with Crippen molar-refractivity contribution in [2.75, 3.05) is 4.90 Å². The van der Waals surface area contributed by atoms with Crippen LogP contribution in [0, 0.1) is 0 Å². The monoisotopic (exact) mass is 704 g/mol. The van der Waals surface area contributed by atoms with Crippen LogP contribution >= 0.6 is 0 Å². The Balaban J connectivity index is 1.09. The van der Waals surface area contributed by atoms with Gasteiger partial charge >= 0.3 is 0 Å². The fourth-order valence-corrected chi connectivity index (χ4v) is 8.16. The number of aromatic nitrogens is 1. The lowest BCUT2D eigenvalue weighted by Gasteiger charge is -2.30. The third-order valence-corrected chi connectivity index (χ3v) is 10.7. The zero-order valence-corrected chi connectivity index (χ0v) is 29.7. The van der Waals surface area contributed by atoms with Crippen molar-refractivity contribution < 1.29 is 8.83 Å². The van der Waals surface area contributed by atoms with Gasteiger partial charge in [0, 0.05) is 44.1 Å². The third kappa shape index (κ3) is 5.11. The first-order valence-corrected chi connectivity index (χ1v) is 18.5. The second-order valence-electron chi connectivity index (χ2n) is 13.9. The second kappa shape index (κ2) is 12.6. The fourth-order valence-electron chi connectivity index (χ4n) is 8.16. The minimum atomic E-state index is 0.628. The van der Waals surface area contributed by atoms with Crippen LogP contribution in [0.2, 0.25) is 0 Å². The van der Waals surface area contributed by atoms with Gasteiger partial charge in [0.05, 0.1) is 11.4 Å². The molecule has 0 bridgehead atoms. The van der Waals surface area contributed by atoms with Crippen LogP contribution in [-0.2, 0) is 0 Å². The van der Waals surface area contributed by atoms with Crippen molar-refractivity contribution in [3.05, 3.63) is 194 Å². The van der Waals surface area contributed by atoms with Gasteiger partial charge in [-0.25, -0.2) is 4.98 Å². The number of benzene rings is 9. The van der Waals surface area contributed by atoms with Crippen molar-refractivity contribution in [1.82, 2.24) is 4.98 Å². The van der Waals surface area contributed by atoms with Gasteiger partial charge in [0.1, 0.15) is 16.7 Å². The van der Waals surface area contributed by atoms with Gasteiger partial charge in [-0.1, -0.05) is 140 Å². The Morgan fingerprint density at radius 2 is 1.05 bits per heavy atom. The highest BCUT2D eigenvalue weighted by Crippen LogP contribution is 2.47. The number of rotatable bonds is 6. The maximum absolute atomic E-state index is 6.57. The van der Waals surface area contributed by atoms with Gasteiger partial charge in [-0.15, -0.1) is 0 Å². The van der Waals surface area contributed by atoms with E-state index >= 15 is 0 Å². The predicted octanol–water partition coefficient (Wildman–Crippen LogP) is 14.5. The Labute approximate surface area is 317 Å². The van der Waals surface area contributed by atoms with E-state index in [4.69, 9.17) is 13.8 Å². The lowest BCUT2D eigenvalue weighted by molar-refractivity contribution is 0.623. The van der Waals surface area contributed by atoms with Gasteiger partial charge in [-0.2, -0.15) is 0 Å². The molecule has 55 heavy (non-hydrogen) atoms. The normalized spacial score (nSPS) is 11.6. The minimum absolute atomic E-state index is 0.628. The molecule has 2 aromatic heterocycles. The van der Waals surface area contributed by atoms with E-state index < -0.39 is 0 Å². The molecule has 258 valence electrons. The van der Waals surface area contributed by atoms with Crippen LogP contribution in [0.3, 0.4) is 0 Å². The van der Waals surface area contributed by atoms with E-state index in [-0.39, 0.29) is 0 Å². The third-order valence-electron chi connectivity index (χ3n) is 10.7. The molecule has 0 radical (unpaired) electrons. The zero-order valence-electron chi connectivity index (χ0n) is 29.7. The summed E-state index contributed by atoms with van der Waals surface area (Å²) < 4.78 is 13.1. The van der Waals surface area contributed by atoms with Crippen LogP contribution < -0.4 is 4.90 Å². The lowest BCUT2D eigenvalue weighted by atomic mass is 9.95. The topological polar surface area (TPSA) is 42.4 Å². The van der Waals surface area contributed by atoms with Gasteiger partial charge in [-0.05, 0) is 76.3 Å². The molecule has 0 atom stereocenters. The van der Waals surface area contributed by atoms with Gasteiger partial charge in [0.2, 0.25) is 5.89 Å². The fraction of sp³-hybridized carbons (Fsp3) is 0. The standard InChI is InChI=1S/C51H32N2O2/c1-3-14-34(15-4-1)51-52-44-31-29-33-26-27-36-32-35(28-30-39(36)48(33)50(44)55-51)38-18-7-10-23-45(38)53(37-16-5-2-6-17-37)46-24-11-8-19-40(46)42-21-13-22-43-41-20-9-12-25-47(41)54-49(42)43/h1-32H. The summed E-state index contributed by atoms with van der Waals surface area (Å²) in [6.07, 6.45) is 0. The first kappa shape index (κ1) is 31.1. The van der Waals surface area contributed by atoms with E-state index in [1.165, 1.54) is 0 Å². The molecule has 4 nitrogen and oxygen atoms in total. The van der Waals surface area contributed by atoms with Gasteiger partial charge in [-0.3, -0.25) is 0 Å². The number of fused-ring (bicyclic) bond motifs is 8. The second-order valence-corrected chi connectivity index (χ2v) is 13.9. The molecule has 11 aromatic rings. The molecule has 0 amide bonds. The molecule has 0 aliphatic heterocycles. The Morgan fingerprint density at radius 3 is 1.91 bits per heavy atom. The summed E-state index contributed by atoms with van der Waals surface area (Å²) in [4.78, 5) is 7.25. The van der Waals surface area contributed by atoms with E-state index in [0.717, 1.165) is 99.5 Å². The number of hydrogen-bond acceptors (Lipinski definition) is 4. The smallest absolute Gasteiger partial charge is 0.227 e. The molecule has 11 rings (SSSR count). The number of anilines is 3. The number of furan rings is 1. The number of nitrogens with zero attached hydrogens (tertiary/aromatic N) is 2. The summed E-state index contributed by atoms with van der Waals surface area (Å²) in [5.41, 5.74) is 12.0. The van der Waals surface area contributed by atoms with Crippen LogP contribution in [0.25, 0.3) is 88.3 Å². The molecule has 0 N–H and O–H groups in total. The average molecular weight is 705 g/mol. The summed E-state index contributed by atoms with van der Waals surface area (Å²) >= 11 is 0. The average Bonchev–Trinajstić information content (AvgIpc) is 3.87. The highest BCUT2D eigenvalue weighted by Gasteiger charge is 2.23. The molecule has 0 aliphatic carbocycles. The van der Waals surface area contributed by atoms with Crippen molar-refractivity contribution in [3.8, 4) is 33.7 Å². The molecule has 9 aromatic carbocycles. The molecule has 4 heteroatoms. The minimum Gasteiger partial charge on any atom is -0.455 e. The van der Waals surface area contributed by atoms with Crippen molar-refractivity contribution >= 4 is 71.6 Å². The first-order valence-electron chi connectivity index (χ1n) is 18.5. The summed E-state index contributed by atoms with van der Waals surface area (Å²) in [6, 6.07) is 68.1. The van der Waals surface area contributed by atoms with Gasteiger partial charge in [0.15, 0.2) is 5.58 Å². The first-order chi connectivity index (χ1) is 27.3. The van der Waals surface area contributed by atoms with E-state index in [1.54, 1.807) is 0 Å². The van der Waals surface area contributed by atoms with Crippen molar-refractivity contribution in [1.29, 1.82) is 0 Å². The number of hydrogen-bond donors (Lipinski definition) is 0. The Morgan fingerprint density at radius 1 is 0.400 bits per heavy atom. The maximum atomic E-state index is 6.57. The summed E-state index contributed by atoms with van der Waals surface area (Å²) in [5.74, 6) is 0.628. The van der Waals surface area contributed by atoms with E-state index in [0.29, 0.717) is 5.89 Å². The zero-order chi connectivity index (χ0) is 36.3. The van der Waals surface area contributed by atoms with Crippen LogP contribution in [0.5, 0.6) is 0 Å². The molecule has 0 saturated carbocycles. The van der Waals surface area contributed by atoms with Crippen molar-refractivity contribution in [2.24, 2.45) is 0 Å². The van der Waals surface area contributed by atoms with Crippen LogP contribution in [-0.4, -0.2) is 4.98 Å². The van der Waals surface area contributed by atoms with Crippen molar-refractivity contribution in [3.63, 3.8) is 0 Å². The molecular weight excluding hydrogens is 673 g/mol. The van der Waals surface area contributed by atoms with Gasteiger partial charge < -0.3 is 13.7 Å². The Bertz CT molecular complexity index is 3220. The number of para-hydroxylation sites is 5. The lowest BCUT2D eigenvalue weighted by Crippen LogP contribution is -2.12. The van der Waals surface area contributed by atoms with Crippen LogP contribution in [0.15, 0.2) is 203 Å². The van der Waals surface area contributed by atoms with Gasteiger partial charge in [0.25, 0.3) is 0 Å². The summed E-state index contributed by atoms with van der Waals surface area (Å²) in [5, 5.41) is 6.68. The highest BCUT2D eigenvalue weighted by atomic mass is 16.3. The molecular formula is C51H32N2O2. The SMILES string of the molecule is c1ccc(-c2nc3ccc4ccc5cc(-c6ccccc6N(c6ccccc6)c6ccccc6-c6cccc7c6oc6ccccc67)ccc5c4c3o2)cc1. The van der Waals surface area contributed by atoms with E-state index in [2.05, 4.69) is 157 Å². The summed E-state index contributed by atoms with van der Waals surface area (Å²) in [7, 11) is 0. The molecule has 0 spiro atoms. The highest BCUT2D eigenvalue weighted by molar-refractivity contribution is 6.18. The van der Waals surface area contributed by atoms with E-state index in [1.807, 2.05) is 42.5 Å². The van der Waals surface area contributed by atoms with Crippen LogP contribution in [0.1, 0.15) is 0 Å². The Hall–Kier alpha value is -7.43. The van der Waals surface area contributed by atoms with Crippen molar-refractivity contribution in [2.45, 2.75) is 0 Å². The summed E-state index contributed by atoms with van der Waals surface area (Å²) in [6.45, 7) is 0. The predicted molar refractivity (Wildman–Crippen MR) is 227 cm³/mol. The Kier molecular flexibility index (Phi) is 7.14. The van der Waals surface area contributed by atoms with E-state index in [9.17, 15) is 0 Å². The van der Waals surface area contributed by atoms with Crippen LogP contribution in [0.4, 0.5) is 17.1 Å². The quantitative estimate of drug-likeness (QED) is 0.162. The molecule has 0 aliphatic rings. The number of oxazole rings is 1. The molecule has 0 unspecified atom stereocenters.